The van der Waals surface area contributed by atoms with Crippen molar-refractivity contribution in [1.82, 2.24) is 14.9 Å². The second-order valence-corrected chi connectivity index (χ2v) is 8.51. The Morgan fingerprint density at radius 2 is 1.88 bits per heavy atom. The molecule has 2 fully saturated rings. The van der Waals surface area contributed by atoms with Crippen molar-refractivity contribution in [2.75, 3.05) is 31.1 Å². The summed E-state index contributed by atoms with van der Waals surface area (Å²) in [6, 6.07) is 16.0. The summed E-state index contributed by atoms with van der Waals surface area (Å²) >= 11 is 6.12. The van der Waals surface area contributed by atoms with E-state index in [0.717, 1.165) is 5.69 Å². The first-order chi connectivity index (χ1) is 16.0. The molecule has 3 heterocycles. The molecule has 2 aliphatic heterocycles. The van der Waals surface area contributed by atoms with Gasteiger partial charge in [-0.2, -0.15) is 0 Å². The van der Waals surface area contributed by atoms with Crippen molar-refractivity contribution in [1.29, 1.82) is 0 Å². The highest BCUT2D eigenvalue weighted by molar-refractivity contribution is 6.30. The van der Waals surface area contributed by atoms with Crippen LogP contribution in [0.2, 0.25) is 5.02 Å². The number of ether oxygens (including phenoxy) is 2. The van der Waals surface area contributed by atoms with Gasteiger partial charge in [0.25, 0.3) is 11.8 Å². The van der Waals surface area contributed by atoms with Crippen molar-refractivity contribution in [2.45, 2.75) is 12.0 Å². The van der Waals surface area contributed by atoms with Gasteiger partial charge in [0.2, 0.25) is 0 Å². The molecule has 2 amide bonds. The van der Waals surface area contributed by atoms with Crippen LogP contribution in [0.15, 0.2) is 67.0 Å². The zero-order valence-corrected chi connectivity index (χ0v) is 18.4. The number of morpholine rings is 1. The lowest BCUT2D eigenvalue weighted by Crippen LogP contribution is -2.56. The van der Waals surface area contributed by atoms with Gasteiger partial charge in [-0.25, -0.2) is 9.97 Å². The SMILES string of the molecule is O=C(c1cccc(Oc2ncccn2)c1)N1CC[C@@]2(C1)CN(c1cccc(Cl)c1)C(=O)CO2. The van der Waals surface area contributed by atoms with Gasteiger partial charge >= 0.3 is 6.01 Å². The molecule has 0 aliphatic carbocycles. The topological polar surface area (TPSA) is 84.9 Å². The minimum Gasteiger partial charge on any atom is -0.424 e. The molecule has 168 valence electrons. The lowest BCUT2D eigenvalue weighted by molar-refractivity contribution is -0.137. The normalized spacial score (nSPS) is 20.3. The summed E-state index contributed by atoms with van der Waals surface area (Å²) in [5.74, 6) is 0.231. The smallest absolute Gasteiger partial charge is 0.321 e. The average molecular weight is 465 g/mol. The van der Waals surface area contributed by atoms with Crippen LogP contribution in [-0.4, -0.2) is 58.5 Å². The Balaban J connectivity index is 1.30. The summed E-state index contributed by atoms with van der Waals surface area (Å²) in [4.78, 5) is 37.3. The number of carbonyl (C=O) groups is 2. The summed E-state index contributed by atoms with van der Waals surface area (Å²) in [6.07, 6.45) is 3.81. The van der Waals surface area contributed by atoms with Crippen LogP contribution in [0, 0.1) is 0 Å². The van der Waals surface area contributed by atoms with Crippen LogP contribution >= 0.6 is 11.6 Å². The van der Waals surface area contributed by atoms with Crippen molar-refractivity contribution in [3.05, 3.63) is 77.6 Å². The number of hydrogen-bond acceptors (Lipinski definition) is 6. The number of nitrogens with zero attached hydrogens (tertiary/aromatic N) is 4. The predicted molar refractivity (Wildman–Crippen MR) is 122 cm³/mol. The first-order valence-electron chi connectivity index (χ1n) is 10.6. The molecule has 0 saturated carbocycles. The zero-order valence-electron chi connectivity index (χ0n) is 17.7. The fraction of sp³-hybridized carbons (Fsp3) is 0.250. The standard InChI is InChI=1S/C24H21ClN4O4/c25-18-5-2-6-19(13-18)29-16-24(32-14-21(29)30)8-11-28(15-24)22(31)17-4-1-7-20(12-17)33-23-26-9-3-10-27-23/h1-7,9-10,12-13H,8,11,14-16H2/t24-/m1/s1. The van der Waals surface area contributed by atoms with E-state index < -0.39 is 5.60 Å². The lowest BCUT2D eigenvalue weighted by Gasteiger charge is -2.40. The molecule has 2 saturated heterocycles. The number of amides is 2. The minimum absolute atomic E-state index is 0.0328. The Morgan fingerprint density at radius 1 is 1.06 bits per heavy atom. The summed E-state index contributed by atoms with van der Waals surface area (Å²) in [6.45, 7) is 1.26. The van der Waals surface area contributed by atoms with Crippen LogP contribution < -0.4 is 9.64 Å². The maximum atomic E-state index is 13.2. The van der Waals surface area contributed by atoms with E-state index in [1.165, 1.54) is 0 Å². The molecule has 9 heteroatoms. The van der Waals surface area contributed by atoms with Crippen LogP contribution in [0.1, 0.15) is 16.8 Å². The Bertz CT molecular complexity index is 1190. The largest absolute Gasteiger partial charge is 0.424 e. The van der Waals surface area contributed by atoms with Gasteiger partial charge in [-0.05, 0) is 48.9 Å². The predicted octanol–water partition coefficient (Wildman–Crippen LogP) is 3.57. The molecule has 2 aromatic carbocycles. The number of carbonyl (C=O) groups excluding carboxylic acids is 2. The molecule has 3 aromatic rings. The highest BCUT2D eigenvalue weighted by Crippen LogP contribution is 2.33. The molecule has 1 atom stereocenters. The van der Waals surface area contributed by atoms with E-state index in [1.54, 1.807) is 64.7 Å². The summed E-state index contributed by atoms with van der Waals surface area (Å²) in [5, 5.41) is 0.562. The van der Waals surface area contributed by atoms with Gasteiger partial charge < -0.3 is 19.3 Å². The fourth-order valence-corrected chi connectivity index (χ4v) is 4.36. The maximum absolute atomic E-state index is 13.2. The molecule has 5 rings (SSSR count). The van der Waals surface area contributed by atoms with Gasteiger partial charge in [0.15, 0.2) is 0 Å². The van der Waals surface area contributed by atoms with Crippen molar-refractivity contribution in [3.63, 3.8) is 0 Å². The van der Waals surface area contributed by atoms with Crippen LogP contribution in [0.5, 0.6) is 11.8 Å². The van der Waals surface area contributed by atoms with Gasteiger partial charge in [0, 0.05) is 35.2 Å². The molecular formula is C24H21ClN4O4. The third-order valence-corrected chi connectivity index (χ3v) is 6.04. The molecule has 0 unspecified atom stereocenters. The Morgan fingerprint density at radius 3 is 2.70 bits per heavy atom. The lowest BCUT2D eigenvalue weighted by atomic mass is 10.00. The molecule has 1 aromatic heterocycles. The highest BCUT2D eigenvalue weighted by Gasteiger charge is 2.46. The summed E-state index contributed by atoms with van der Waals surface area (Å²) < 4.78 is 11.6. The number of halogens is 1. The molecule has 1 spiro atoms. The molecule has 8 nitrogen and oxygen atoms in total. The van der Waals surface area contributed by atoms with E-state index in [2.05, 4.69) is 9.97 Å². The van der Waals surface area contributed by atoms with E-state index in [-0.39, 0.29) is 24.4 Å². The second-order valence-electron chi connectivity index (χ2n) is 8.07. The molecule has 2 aliphatic rings. The Labute approximate surface area is 195 Å². The molecule has 0 radical (unpaired) electrons. The molecular weight excluding hydrogens is 444 g/mol. The molecule has 0 bridgehead atoms. The molecule has 33 heavy (non-hydrogen) atoms. The number of rotatable bonds is 4. The van der Waals surface area contributed by atoms with Crippen molar-refractivity contribution < 1.29 is 19.1 Å². The quantitative estimate of drug-likeness (QED) is 0.587. The number of hydrogen-bond donors (Lipinski definition) is 0. The average Bonchev–Trinajstić information content (AvgIpc) is 3.25. The number of benzene rings is 2. The Kier molecular flexibility index (Phi) is 5.70. The fourth-order valence-electron chi connectivity index (χ4n) is 4.18. The van der Waals surface area contributed by atoms with E-state index in [9.17, 15) is 9.59 Å². The first-order valence-corrected chi connectivity index (χ1v) is 10.9. The van der Waals surface area contributed by atoms with Crippen LogP contribution in [0.25, 0.3) is 0 Å². The van der Waals surface area contributed by atoms with E-state index >= 15 is 0 Å². The summed E-state index contributed by atoms with van der Waals surface area (Å²) in [7, 11) is 0. The van der Waals surface area contributed by atoms with Gasteiger partial charge in [0.1, 0.15) is 18.0 Å². The minimum atomic E-state index is -0.613. The number of aromatic nitrogens is 2. The molecule has 0 N–H and O–H groups in total. The summed E-state index contributed by atoms with van der Waals surface area (Å²) in [5.41, 5.74) is 0.615. The van der Waals surface area contributed by atoms with Crippen molar-refractivity contribution in [3.8, 4) is 11.8 Å². The first kappa shape index (κ1) is 21.4. The van der Waals surface area contributed by atoms with Crippen LogP contribution in [-0.2, 0) is 9.53 Å². The number of anilines is 1. The van der Waals surface area contributed by atoms with Crippen molar-refractivity contribution in [2.24, 2.45) is 0 Å². The zero-order chi connectivity index (χ0) is 22.8. The van der Waals surface area contributed by atoms with Gasteiger partial charge in [-0.3, -0.25) is 9.59 Å². The van der Waals surface area contributed by atoms with Crippen LogP contribution in [0.4, 0.5) is 5.69 Å². The third-order valence-electron chi connectivity index (χ3n) is 5.80. The third kappa shape index (κ3) is 4.53. The van der Waals surface area contributed by atoms with Crippen molar-refractivity contribution >= 4 is 29.1 Å². The second kappa shape index (κ2) is 8.80. The van der Waals surface area contributed by atoms with E-state index in [0.29, 0.717) is 42.4 Å². The van der Waals surface area contributed by atoms with Gasteiger partial charge in [0.05, 0.1) is 13.1 Å². The van der Waals surface area contributed by atoms with E-state index in [4.69, 9.17) is 21.1 Å². The monoisotopic (exact) mass is 464 g/mol. The van der Waals surface area contributed by atoms with Crippen LogP contribution in [0.3, 0.4) is 0 Å². The van der Waals surface area contributed by atoms with E-state index in [1.807, 2.05) is 12.1 Å². The Hall–Kier alpha value is -3.49. The maximum Gasteiger partial charge on any atom is 0.321 e. The highest BCUT2D eigenvalue weighted by atomic mass is 35.5. The number of likely N-dealkylation sites (tertiary alicyclic amines) is 1. The van der Waals surface area contributed by atoms with Gasteiger partial charge in [-0.15, -0.1) is 0 Å². The van der Waals surface area contributed by atoms with Gasteiger partial charge in [-0.1, -0.05) is 23.7 Å².